The second kappa shape index (κ2) is 60.9. The average molecular weight is 1020 g/mol. The minimum atomic E-state index is -0.810. The fraction of sp³-hybridized carbons (Fsp3) is 0.716. The lowest BCUT2D eigenvalue weighted by Crippen LogP contribution is -2.30. The summed E-state index contributed by atoms with van der Waals surface area (Å²) in [4.78, 5) is 38.3. The van der Waals surface area contributed by atoms with E-state index in [1.54, 1.807) is 0 Å². The monoisotopic (exact) mass is 1010 g/mol. The van der Waals surface area contributed by atoms with Crippen molar-refractivity contribution in [1.29, 1.82) is 0 Å². The molecule has 0 saturated carbocycles. The normalized spacial score (nSPS) is 12.8. The van der Waals surface area contributed by atoms with Crippen LogP contribution >= 0.6 is 0 Å². The molecule has 0 radical (unpaired) electrons. The first-order chi connectivity index (χ1) is 36.0. The van der Waals surface area contributed by atoms with Gasteiger partial charge in [0, 0.05) is 19.3 Å². The Kier molecular flexibility index (Phi) is 57.8. The van der Waals surface area contributed by atoms with Crippen LogP contribution in [-0.4, -0.2) is 37.2 Å². The van der Waals surface area contributed by atoms with Crippen LogP contribution in [0.15, 0.2) is 97.2 Å². The quantitative estimate of drug-likeness (QED) is 0.0261. The average Bonchev–Trinajstić information content (AvgIpc) is 3.39. The molecule has 6 heteroatoms. The van der Waals surface area contributed by atoms with Crippen LogP contribution in [0, 0.1) is 0 Å². The molecule has 0 aromatic rings. The summed E-state index contributed by atoms with van der Waals surface area (Å²) in [7, 11) is 0. The molecule has 0 aromatic carbocycles. The van der Waals surface area contributed by atoms with E-state index in [4.69, 9.17) is 14.2 Å². The Morgan fingerprint density at radius 3 is 0.863 bits per heavy atom. The second-order valence-corrected chi connectivity index (χ2v) is 20.2. The molecule has 418 valence electrons. The van der Waals surface area contributed by atoms with Crippen LogP contribution in [0.3, 0.4) is 0 Å². The number of ether oxygens (including phenoxy) is 3. The Hall–Kier alpha value is -3.67. The van der Waals surface area contributed by atoms with Crippen LogP contribution in [0.4, 0.5) is 0 Å². The van der Waals surface area contributed by atoms with Gasteiger partial charge in [-0.25, -0.2) is 0 Å². The summed E-state index contributed by atoms with van der Waals surface area (Å²) in [6.45, 7) is 6.54. The molecule has 0 aliphatic rings. The number of esters is 3. The minimum absolute atomic E-state index is 0.103. The van der Waals surface area contributed by atoms with Gasteiger partial charge in [0.25, 0.3) is 0 Å². The van der Waals surface area contributed by atoms with E-state index in [0.29, 0.717) is 19.3 Å². The van der Waals surface area contributed by atoms with E-state index in [1.807, 2.05) is 0 Å². The summed E-state index contributed by atoms with van der Waals surface area (Å²) >= 11 is 0. The zero-order chi connectivity index (χ0) is 52.9. The number of rotatable bonds is 55. The molecule has 0 rings (SSSR count). The summed E-state index contributed by atoms with van der Waals surface area (Å²) in [5.74, 6) is -0.971. The lowest BCUT2D eigenvalue weighted by molar-refractivity contribution is -0.167. The van der Waals surface area contributed by atoms with Crippen molar-refractivity contribution in [3.63, 3.8) is 0 Å². The SMILES string of the molecule is CCCCC/C=C\C/C=C\C/C=C\C/C=C\CCCC(=O)OC[C@H](COC(=O)CCCCCCCC/C=C\C/C=C\C/C=C\CCCCC)OC(=O)CCCCCCCCC/C=C\CCCCCCCCCC. The fourth-order valence-corrected chi connectivity index (χ4v) is 8.38. The van der Waals surface area contributed by atoms with E-state index in [2.05, 4.69) is 118 Å². The van der Waals surface area contributed by atoms with Crippen LogP contribution in [0.5, 0.6) is 0 Å². The lowest BCUT2D eigenvalue weighted by Gasteiger charge is -2.18. The van der Waals surface area contributed by atoms with Crippen molar-refractivity contribution < 1.29 is 28.6 Å². The summed E-state index contributed by atoms with van der Waals surface area (Å²) < 4.78 is 16.9. The molecule has 0 heterocycles. The summed E-state index contributed by atoms with van der Waals surface area (Å²) in [5, 5.41) is 0. The maximum Gasteiger partial charge on any atom is 0.306 e. The largest absolute Gasteiger partial charge is 0.462 e. The number of carbonyl (C=O) groups excluding carboxylic acids is 3. The van der Waals surface area contributed by atoms with Gasteiger partial charge in [0.05, 0.1) is 0 Å². The highest BCUT2D eigenvalue weighted by molar-refractivity contribution is 5.71. The van der Waals surface area contributed by atoms with E-state index in [1.165, 1.54) is 154 Å². The molecular weight excluding hydrogens is 901 g/mol. The van der Waals surface area contributed by atoms with Crippen LogP contribution < -0.4 is 0 Å². The third-order valence-corrected chi connectivity index (χ3v) is 13.0. The lowest BCUT2D eigenvalue weighted by atomic mass is 10.1. The molecule has 0 fully saturated rings. The van der Waals surface area contributed by atoms with E-state index in [-0.39, 0.29) is 37.5 Å². The van der Waals surface area contributed by atoms with Crippen molar-refractivity contribution in [2.45, 2.75) is 297 Å². The van der Waals surface area contributed by atoms with Gasteiger partial charge in [0.15, 0.2) is 6.10 Å². The van der Waals surface area contributed by atoms with E-state index in [9.17, 15) is 14.4 Å². The molecule has 0 aliphatic heterocycles. The molecule has 0 aromatic heterocycles. The molecule has 73 heavy (non-hydrogen) atoms. The minimum Gasteiger partial charge on any atom is -0.462 e. The highest BCUT2D eigenvalue weighted by Crippen LogP contribution is 2.15. The topological polar surface area (TPSA) is 78.9 Å². The molecule has 0 saturated heterocycles. The molecule has 0 spiro atoms. The predicted octanol–water partition coefficient (Wildman–Crippen LogP) is 20.9. The highest BCUT2D eigenvalue weighted by atomic mass is 16.6. The standard InChI is InChI=1S/C67H114O6/c1-4-7-10-13-16-19-22-25-28-31-33-36-39-42-45-48-51-54-57-60-66(69)72-63-64(62-71-65(68)59-56-53-50-47-44-41-38-35-30-27-24-21-18-15-12-9-6-3)73-67(70)61-58-55-52-49-46-43-40-37-34-32-29-26-23-20-17-14-11-8-5-2/h16,18-19,21,25,27-28,30,32-34,36,38,41,47,50,64H,4-15,17,20,22-24,26,29,31,35,37,39-40,42-46,48-49,51-63H2,1-3H3/b19-16-,21-18-,28-25-,30-27-,34-32-,36-33-,41-38-,50-47-/t64-/m1/s1. The van der Waals surface area contributed by atoms with Gasteiger partial charge in [0.1, 0.15) is 13.2 Å². The Bertz CT molecular complexity index is 1440. The van der Waals surface area contributed by atoms with Crippen LogP contribution in [0.2, 0.25) is 0 Å². The number of allylic oxidation sites excluding steroid dienone is 16. The Balaban J connectivity index is 4.49. The fourth-order valence-electron chi connectivity index (χ4n) is 8.38. The predicted molar refractivity (Wildman–Crippen MR) is 316 cm³/mol. The summed E-state index contributed by atoms with van der Waals surface area (Å²) in [5.41, 5.74) is 0. The smallest absolute Gasteiger partial charge is 0.306 e. The number of hydrogen-bond acceptors (Lipinski definition) is 6. The van der Waals surface area contributed by atoms with Gasteiger partial charge in [-0.3, -0.25) is 14.4 Å². The first-order valence-electron chi connectivity index (χ1n) is 30.7. The first kappa shape index (κ1) is 69.3. The van der Waals surface area contributed by atoms with E-state index in [0.717, 1.165) is 89.9 Å². The van der Waals surface area contributed by atoms with Gasteiger partial charge in [0.2, 0.25) is 0 Å². The third kappa shape index (κ3) is 59.1. The number of carbonyl (C=O) groups is 3. The van der Waals surface area contributed by atoms with E-state index >= 15 is 0 Å². The molecule has 0 amide bonds. The van der Waals surface area contributed by atoms with Gasteiger partial charge in [-0.05, 0) is 122 Å². The van der Waals surface area contributed by atoms with Crippen LogP contribution in [0.25, 0.3) is 0 Å². The van der Waals surface area contributed by atoms with Gasteiger partial charge in [-0.1, -0.05) is 246 Å². The number of unbranched alkanes of at least 4 members (excludes halogenated alkanes) is 28. The molecule has 0 aliphatic carbocycles. The van der Waals surface area contributed by atoms with Gasteiger partial charge in [-0.15, -0.1) is 0 Å². The van der Waals surface area contributed by atoms with Crippen molar-refractivity contribution >= 4 is 17.9 Å². The van der Waals surface area contributed by atoms with Gasteiger partial charge >= 0.3 is 17.9 Å². The molecule has 0 bridgehead atoms. The maximum atomic E-state index is 12.9. The molecule has 6 nitrogen and oxygen atoms in total. The second-order valence-electron chi connectivity index (χ2n) is 20.2. The zero-order valence-electron chi connectivity index (χ0n) is 47.9. The summed E-state index contributed by atoms with van der Waals surface area (Å²) in [6.07, 6.45) is 81.2. The summed E-state index contributed by atoms with van der Waals surface area (Å²) in [6, 6.07) is 0. The highest BCUT2D eigenvalue weighted by Gasteiger charge is 2.19. The van der Waals surface area contributed by atoms with Crippen molar-refractivity contribution in [2.75, 3.05) is 13.2 Å². The van der Waals surface area contributed by atoms with Crippen molar-refractivity contribution in [1.82, 2.24) is 0 Å². The molecule has 0 unspecified atom stereocenters. The van der Waals surface area contributed by atoms with Gasteiger partial charge in [-0.2, -0.15) is 0 Å². The van der Waals surface area contributed by atoms with Crippen LogP contribution in [0.1, 0.15) is 290 Å². The first-order valence-corrected chi connectivity index (χ1v) is 30.7. The zero-order valence-corrected chi connectivity index (χ0v) is 47.9. The van der Waals surface area contributed by atoms with Gasteiger partial charge < -0.3 is 14.2 Å². The Morgan fingerprint density at radius 1 is 0.274 bits per heavy atom. The molecule has 0 N–H and O–H groups in total. The van der Waals surface area contributed by atoms with Crippen molar-refractivity contribution in [2.24, 2.45) is 0 Å². The van der Waals surface area contributed by atoms with Crippen molar-refractivity contribution in [3.8, 4) is 0 Å². The molecular formula is C67H114O6. The Labute approximate surface area is 451 Å². The maximum absolute atomic E-state index is 12.9. The van der Waals surface area contributed by atoms with E-state index < -0.39 is 6.10 Å². The third-order valence-electron chi connectivity index (χ3n) is 13.0. The van der Waals surface area contributed by atoms with Crippen LogP contribution in [-0.2, 0) is 28.6 Å². The number of hydrogen-bond donors (Lipinski definition) is 0. The molecule has 1 atom stereocenters. The Morgan fingerprint density at radius 2 is 0.507 bits per heavy atom. The van der Waals surface area contributed by atoms with Crippen molar-refractivity contribution in [3.05, 3.63) is 97.2 Å².